The van der Waals surface area contributed by atoms with Crippen molar-refractivity contribution in [2.75, 3.05) is 6.67 Å². The molecule has 6 atom stereocenters. The Morgan fingerprint density at radius 1 is 0.857 bits per heavy atom. The predicted octanol–water partition coefficient (Wildman–Crippen LogP) is -3.49. The molecule has 1 fully saturated rings. The van der Waals surface area contributed by atoms with Crippen molar-refractivity contribution in [3.8, 4) is 0 Å². The van der Waals surface area contributed by atoms with Crippen molar-refractivity contribution in [1.82, 2.24) is 0 Å². The Kier molecular flexibility index (Phi) is 3.10. The molecule has 0 heterocycles. The minimum atomic E-state index is -2.65. The summed E-state index contributed by atoms with van der Waals surface area (Å²) in [7, 11) is 0. The summed E-state index contributed by atoms with van der Waals surface area (Å²) >= 11 is 0. The zero-order valence-electron chi connectivity index (χ0n) is 7.16. The van der Waals surface area contributed by atoms with E-state index in [1.807, 2.05) is 0 Å². The Hall–Kier alpha value is -0.310. The van der Waals surface area contributed by atoms with Crippen LogP contribution in [-0.4, -0.2) is 73.4 Å². The van der Waals surface area contributed by atoms with Crippen molar-refractivity contribution >= 4 is 0 Å². The van der Waals surface area contributed by atoms with E-state index >= 15 is 0 Å². The molecule has 0 aromatic rings. The number of hydrogen-bond donors (Lipinski definition) is 6. The first kappa shape index (κ1) is 11.8. The summed E-state index contributed by atoms with van der Waals surface area (Å²) in [5, 5.41) is 55.0. The fourth-order valence-electron chi connectivity index (χ4n) is 1.50. The lowest BCUT2D eigenvalue weighted by molar-refractivity contribution is -0.271. The van der Waals surface area contributed by atoms with E-state index in [4.69, 9.17) is 15.3 Å². The van der Waals surface area contributed by atoms with Gasteiger partial charge in [0.15, 0.2) is 0 Å². The quantitative estimate of drug-likeness (QED) is 0.268. The van der Waals surface area contributed by atoms with Crippen LogP contribution in [0, 0.1) is 0 Å². The van der Waals surface area contributed by atoms with E-state index in [1.54, 1.807) is 0 Å². The number of hydrogen-bond acceptors (Lipinski definition) is 6. The monoisotopic (exact) mass is 212 g/mol. The molecule has 0 saturated heterocycles. The summed E-state index contributed by atoms with van der Waals surface area (Å²) in [5.74, 6) is 0. The largest absolute Gasteiger partial charge is 0.387 e. The van der Waals surface area contributed by atoms with E-state index in [2.05, 4.69) is 0 Å². The highest BCUT2D eigenvalue weighted by atomic mass is 19.1. The summed E-state index contributed by atoms with van der Waals surface area (Å²) in [6.07, 6.45) is -9.75. The van der Waals surface area contributed by atoms with Gasteiger partial charge in [-0.05, 0) is 0 Å². The molecule has 0 radical (unpaired) electrons. The molecule has 1 rings (SSSR count). The van der Waals surface area contributed by atoms with Crippen LogP contribution in [0.3, 0.4) is 0 Å². The van der Waals surface area contributed by atoms with Gasteiger partial charge in [0.1, 0.15) is 42.8 Å². The first-order valence-corrected chi connectivity index (χ1v) is 4.05. The summed E-state index contributed by atoms with van der Waals surface area (Å²) in [4.78, 5) is 0. The highest BCUT2D eigenvalue weighted by Crippen LogP contribution is 2.30. The molecular formula is C7H13FO6. The Bertz CT molecular complexity index is 196. The third-order valence-corrected chi connectivity index (χ3v) is 2.59. The third kappa shape index (κ3) is 1.42. The average molecular weight is 212 g/mol. The Morgan fingerprint density at radius 3 is 1.50 bits per heavy atom. The second-order valence-corrected chi connectivity index (χ2v) is 3.49. The van der Waals surface area contributed by atoms with Crippen LogP contribution in [0.2, 0.25) is 0 Å². The molecule has 14 heavy (non-hydrogen) atoms. The minimum absolute atomic E-state index is 1.55. The second-order valence-electron chi connectivity index (χ2n) is 3.49. The molecule has 1 aliphatic carbocycles. The minimum Gasteiger partial charge on any atom is -0.387 e. The van der Waals surface area contributed by atoms with Crippen LogP contribution < -0.4 is 0 Å². The molecule has 1 saturated carbocycles. The lowest BCUT2D eigenvalue weighted by atomic mass is 9.75. The molecule has 84 valence electrons. The molecular weight excluding hydrogens is 199 g/mol. The summed E-state index contributed by atoms with van der Waals surface area (Å²) in [5.41, 5.74) is -2.65. The van der Waals surface area contributed by atoms with Gasteiger partial charge in [0.25, 0.3) is 0 Å². The summed E-state index contributed by atoms with van der Waals surface area (Å²) < 4.78 is 12.4. The zero-order valence-corrected chi connectivity index (χ0v) is 7.16. The van der Waals surface area contributed by atoms with Gasteiger partial charge >= 0.3 is 0 Å². The van der Waals surface area contributed by atoms with E-state index in [1.165, 1.54) is 0 Å². The van der Waals surface area contributed by atoms with Crippen LogP contribution in [0.4, 0.5) is 4.39 Å². The molecule has 0 spiro atoms. The number of aliphatic hydroxyl groups is 6. The van der Waals surface area contributed by atoms with Crippen LogP contribution in [0.1, 0.15) is 0 Å². The topological polar surface area (TPSA) is 121 Å². The van der Waals surface area contributed by atoms with Crippen molar-refractivity contribution in [2.45, 2.75) is 36.1 Å². The van der Waals surface area contributed by atoms with Gasteiger partial charge in [0.05, 0.1) is 0 Å². The zero-order chi connectivity index (χ0) is 11.1. The Labute approximate surface area is 78.9 Å². The van der Waals surface area contributed by atoms with E-state index in [0.29, 0.717) is 0 Å². The van der Waals surface area contributed by atoms with Crippen LogP contribution in [0.5, 0.6) is 0 Å². The maximum atomic E-state index is 12.4. The van der Waals surface area contributed by atoms with Gasteiger partial charge in [0, 0.05) is 0 Å². The molecule has 0 unspecified atom stereocenters. The standard InChI is InChI=1S/C7H13FO6/c8-1-7(14)5(12)3(10)2(9)4(11)6(7)13/h2-6,9-14H,1H2/t2-,3-,4+,5+,6-,7+. The van der Waals surface area contributed by atoms with Gasteiger partial charge in [0.2, 0.25) is 0 Å². The van der Waals surface area contributed by atoms with Gasteiger partial charge in [-0.2, -0.15) is 0 Å². The first-order chi connectivity index (χ1) is 6.36. The number of rotatable bonds is 1. The SMILES string of the molecule is O[C@@H]1[C@@H](O)[C@H](O)[C@@](O)(CF)[C@H](O)[C@H]1O. The van der Waals surface area contributed by atoms with Crippen LogP contribution in [0.25, 0.3) is 0 Å². The molecule has 0 aromatic heterocycles. The second kappa shape index (κ2) is 3.69. The molecule has 6 N–H and O–H groups in total. The molecule has 0 bridgehead atoms. The van der Waals surface area contributed by atoms with Crippen LogP contribution in [0.15, 0.2) is 0 Å². The van der Waals surface area contributed by atoms with Crippen molar-refractivity contribution < 1.29 is 35.0 Å². The summed E-state index contributed by atoms with van der Waals surface area (Å²) in [6, 6.07) is 0. The molecule has 1 aliphatic rings. The van der Waals surface area contributed by atoms with Crippen molar-refractivity contribution in [2.24, 2.45) is 0 Å². The third-order valence-electron chi connectivity index (χ3n) is 2.59. The predicted molar refractivity (Wildman–Crippen MR) is 41.0 cm³/mol. The number of halogens is 1. The lowest BCUT2D eigenvalue weighted by Crippen LogP contribution is -2.71. The lowest BCUT2D eigenvalue weighted by Gasteiger charge is -2.46. The van der Waals surface area contributed by atoms with E-state index in [0.717, 1.165) is 0 Å². The van der Waals surface area contributed by atoms with Crippen molar-refractivity contribution in [3.05, 3.63) is 0 Å². The van der Waals surface area contributed by atoms with Crippen molar-refractivity contribution in [1.29, 1.82) is 0 Å². The highest BCUT2D eigenvalue weighted by molar-refractivity contribution is 5.08. The van der Waals surface area contributed by atoms with Gasteiger partial charge in [-0.3, -0.25) is 0 Å². The fraction of sp³-hybridized carbons (Fsp3) is 1.00. The van der Waals surface area contributed by atoms with Gasteiger partial charge < -0.3 is 30.6 Å². The van der Waals surface area contributed by atoms with E-state index in [-0.39, 0.29) is 0 Å². The smallest absolute Gasteiger partial charge is 0.150 e. The molecule has 6 nitrogen and oxygen atoms in total. The van der Waals surface area contributed by atoms with Gasteiger partial charge in [-0.15, -0.1) is 0 Å². The maximum Gasteiger partial charge on any atom is 0.150 e. The summed E-state index contributed by atoms with van der Waals surface area (Å²) in [6.45, 7) is -1.55. The molecule has 0 amide bonds. The average Bonchev–Trinajstić information content (AvgIpc) is 2.21. The number of alkyl halides is 1. The Morgan fingerprint density at radius 2 is 1.21 bits per heavy atom. The fourth-order valence-corrected chi connectivity index (χ4v) is 1.50. The number of aliphatic hydroxyl groups excluding tert-OH is 5. The van der Waals surface area contributed by atoms with Crippen molar-refractivity contribution in [3.63, 3.8) is 0 Å². The Balaban J connectivity index is 2.98. The van der Waals surface area contributed by atoms with Crippen LogP contribution in [-0.2, 0) is 0 Å². The molecule has 7 heteroatoms. The van der Waals surface area contributed by atoms with E-state index < -0.39 is 42.8 Å². The normalized spacial score (nSPS) is 54.6. The van der Waals surface area contributed by atoms with Crippen LogP contribution >= 0.6 is 0 Å². The maximum absolute atomic E-state index is 12.4. The first-order valence-electron chi connectivity index (χ1n) is 4.05. The van der Waals surface area contributed by atoms with Gasteiger partial charge in [-0.1, -0.05) is 0 Å². The van der Waals surface area contributed by atoms with Gasteiger partial charge in [-0.25, -0.2) is 4.39 Å². The highest BCUT2D eigenvalue weighted by Gasteiger charge is 2.57. The van der Waals surface area contributed by atoms with E-state index in [9.17, 15) is 19.7 Å². The molecule has 0 aromatic carbocycles. The molecule has 0 aliphatic heterocycles.